The normalized spacial score (nSPS) is 14.7. The number of fused-ring (bicyclic) bond motifs is 1. The van der Waals surface area contributed by atoms with Gasteiger partial charge in [0.05, 0.1) is 0 Å². The molecule has 0 spiro atoms. The maximum Gasteiger partial charge on any atom is 0.336 e. The summed E-state index contributed by atoms with van der Waals surface area (Å²) in [5, 5.41) is 3.74. The lowest BCUT2D eigenvalue weighted by Gasteiger charge is -2.15. The van der Waals surface area contributed by atoms with E-state index in [1.165, 1.54) is 6.07 Å². The molecular weight excluding hydrogens is 342 g/mol. The second-order valence-electron chi connectivity index (χ2n) is 6.99. The van der Waals surface area contributed by atoms with Crippen LogP contribution in [0.15, 0.2) is 57.7 Å². The van der Waals surface area contributed by atoms with Crippen LogP contribution in [0.4, 0.5) is 0 Å². The van der Waals surface area contributed by atoms with Crippen LogP contribution in [-0.2, 0) is 4.79 Å². The number of carbonyl (C=O) groups is 1. The third-order valence-corrected chi connectivity index (χ3v) is 4.76. The van der Waals surface area contributed by atoms with Crippen LogP contribution >= 0.6 is 0 Å². The highest BCUT2D eigenvalue weighted by Gasteiger charge is 2.26. The summed E-state index contributed by atoms with van der Waals surface area (Å²) in [5.74, 6) is 0.360. The predicted molar refractivity (Wildman–Crippen MR) is 104 cm³/mol. The molecule has 138 valence electrons. The van der Waals surface area contributed by atoms with Gasteiger partial charge in [-0.3, -0.25) is 4.79 Å². The van der Waals surface area contributed by atoms with Gasteiger partial charge >= 0.3 is 5.63 Å². The van der Waals surface area contributed by atoms with E-state index >= 15 is 0 Å². The van der Waals surface area contributed by atoms with Crippen LogP contribution in [0.25, 0.3) is 22.1 Å². The zero-order valence-corrected chi connectivity index (χ0v) is 15.3. The molecular formula is C22H21NO4. The van der Waals surface area contributed by atoms with E-state index in [0.717, 1.165) is 34.9 Å². The summed E-state index contributed by atoms with van der Waals surface area (Å²) in [6.07, 6.45) is 1.44. The highest BCUT2D eigenvalue weighted by Crippen LogP contribution is 2.31. The summed E-state index contributed by atoms with van der Waals surface area (Å²) in [4.78, 5) is 24.2. The lowest BCUT2D eigenvalue weighted by molar-refractivity contribution is -0.127. The van der Waals surface area contributed by atoms with Crippen molar-refractivity contribution in [3.05, 3.63) is 64.5 Å². The van der Waals surface area contributed by atoms with Gasteiger partial charge in [-0.05, 0) is 49.9 Å². The Bertz CT molecular complexity index is 1070. The molecule has 2 aromatic carbocycles. The second-order valence-corrected chi connectivity index (χ2v) is 6.99. The van der Waals surface area contributed by atoms with Crippen molar-refractivity contribution in [2.24, 2.45) is 0 Å². The number of rotatable bonds is 5. The van der Waals surface area contributed by atoms with Gasteiger partial charge in [-0.2, -0.15) is 0 Å². The molecule has 3 aromatic rings. The van der Waals surface area contributed by atoms with Crippen molar-refractivity contribution in [1.82, 2.24) is 5.32 Å². The Morgan fingerprint density at radius 3 is 2.67 bits per heavy atom. The fourth-order valence-corrected chi connectivity index (χ4v) is 3.12. The fourth-order valence-electron chi connectivity index (χ4n) is 3.12. The van der Waals surface area contributed by atoms with Gasteiger partial charge in [0.25, 0.3) is 5.91 Å². The molecule has 0 saturated heterocycles. The summed E-state index contributed by atoms with van der Waals surface area (Å²) in [6, 6.07) is 15.0. The van der Waals surface area contributed by atoms with Crippen LogP contribution in [0.2, 0.25) is 0 Å². The van der Waals surface area contributed by atoms with Crippen LogP contribution in [0, 0.1) is 6.92 Å². The first-order valence-electron chi connectivity index (χ1n) is 9.12. The molecule has 1 fully saturated rings. The van der Waals surface area contributed by atoms with Crippen molar-refractivity contribution in [2.75, 3.05) is 0 Å². The van der Waals surface area contributed by atoms with Gasteiger partial charge in [0, 0.05) is 29.1 Å². The van der Waals surface area contributed by atoms with Crippen molar-refractivity contribution in [3.8, 4) is 16.9 Å². The minimum atomic E-state index is -0.616. The Labute approximate surface area is 157 Å². The monoisotopic (exact) mass is 363 g/mol. The molecule has 1 amide bonds. The Hall–Kier alpha value is -3.08. The van der Waals surface area contributed by atoms with E-state index in [0.29, 0.717) is 11.3 Å². The number of ether oxygens (including phenoxy) is 1. The first-order valence-corrected chi connectivity index (χ1v) is 9.12. The summed E-state index contributed by atoms with van der Waals surface area (Å²) in [5.41, 5.74) is 2.91. The summed E-state index contributed by atoms with van der Waals surface area (Å²) in [7, 11) is 0. The summed E-state index contributed by atoms with van der Waals surface area (Å²) < 4.78 is 11.1. The predicted octanol–water partition coefficient (Wildman–Crippen LogP) is 3.81. The van der Waals surface area contributed by atoms with E-state index in [1.807, 2.05) is 37.3 Å². The molecule has 5 nitrogen and oxygen atoms in total. The first-order chi connectivity index (χ1) is 13.0. The van der Waals surface area contributed by atoms with Crippen LogP contribution in [-0.4, -0.2) is 18.1 Å². The van der Waals surface area contributed by atoms with E-state index in [1.54, 1.807) is 19.1 Å². The number of carbonyl (C=O) groups excluding carboxylic acids is 1. The first kappa shape index (κ1) is 17.3. The average molecular weight is 363 g/mol. The number of aryl methyl sites for hydroxylation is 1. The smallest absolute Gasteiger partial charge is 0.336 e. The zero-order valence-electron chi connectivity index (χ0n) is 15.3. The quantitative estimate of drug-likeness (QED) is 0.700. The van der Waals surface area contributed by atoms with Crippen molar-refractivity contribution in [2.45, 2.75) is 38.8 Å². The Morgan fingerprint density at radius 1 is 1.15 bits per heavy atom. The van der Waals surface area contributed by atoms with Gasteiger partial charge in [0.2, 0.25) is 0 Å². The molecule has 1 heterocycles. The maximum absolute atomic E-state index is 12.1. The number of nitrogens with one attached hydrogen (secondary N) is 1. The molecule has 1 aliphatic rings. The Morgan fingerprint density at radius 2 is 1.93 bits per heavy atom. The minimum absolute atomic E-state index is 0.132. The Kier molecular flexibility index (Phi) is 4.44. The minimum Gasteiger partial charge on any atom is -0.481 e. The SMILES string of the molecule is Cc1ccccc1-c1cc(=O)oc2cc(OC(C)C(=O)NC3CC3)ccc12. The van der Waals surface area contributed by atoms with Gasteiger partial charge < -0.3 is 14.5 Å². The molecule has 1 aliphatic carbocycles. The molecule has 0 aliphatic heterocycles. The van der Waals surface area contributed by atoms with E-state index in [-0.39, 0.29) is 11.9 Å². The molecule has 1 atom stereocenters. The van der Waals surface area contributed by atoms with Gasteiger partial charge in [-0.15, -0.1) is 0 Å². The summed E-state index contributed by atoms with van der Waals surface area (Å²) in [6.45, 7) is 3.72. The van der Waals surface area contributed by atoms with Gasteiger partial charge in [0.15, 0.2) is 6.10 Å². The van der Waals surface area contributed by atoms with Gasteiger partial charge in [-0.25, -0.2) is 4.79 Å². The van der Waals surface area contributed by atoms with Gasteiger partial charge in [0.1, 0.15) is 11.3 Å². The van der Waals surface area contributed by atoms with Gasteiger partial charge in [-0.1, -0.05) is 24.3 Å². The molecule has 1 saturated carbocycles. The molecule has 0 bridgehead atoms. The zero-order chi connectivity index (χ0) is 19.0. The third kappa shape index (κ3) is 3.72. The van der Waals surface area contributed by atoms with Crippen LogP contribution in [0.5, 0.6) is 5.75 Å². The number of hydrogen-bond donors (Lipinski definition) is 1. The topological polar surface area (TPSA) is 68.5 Å². The van der Waals surface area contributed by atoms with Crippen molar-refractivity contribution in [1.29, 1.82) is 0 Å². The molecule has 5 heteroatoms. The van der Waals surface area contributed by atoms with Crippen molar-refractivity contribution in [3.63, 3.8) is 0 Å². The van der Waals surface area contributed by atoms with Crippen LogP contribution in [0.3, 0.4) is 0 Å². The van der Waals surface area contributed by atoms with Crippen molar-refractivity contribution < 1.29 is 13.9 Å². The van der Waals surface area contributed by atoms with E-state index in [9.17, 15) is 9.59 Å². The highest BCUT2D eigenvalue weighted by molar-refractivity contribution is 5.94. The molecule has 0 radical (unpaired) electrons. The number of amides is 1. The molecule has 1 unspecified atom stereocenters. The second kappa shape index (κ2) is 6.91. The maximum atomic E-state index is 12.1. The lowest BCUT2D eigenvalue weighted by Crippen LogP contribution is -2.37. The number of hydrogen-bond acceptors (Lipinski definition) is 4. The molecule has 27 heavy (non-hydrogen) atoms. The highest BCUT2D eigenvalue weighted by atomic mass is 16.5. The lowest BCUT2D eigenvalue weighted by atomic mass is 9.98. The summed E-state index contributed by atoms with van der Waals surface area (Å²) >= 11 is 0. The van der Waals surface area contributed by atoms with Crippen molar-refractivity contribution >= 4 is 16.9 Å². The molecule has 1 N–H and O–H groups in total. The standard InChI is InChI=1S/C22H21NO4/c1-13-5-3-4-6-17(13)19-12-21(24)27-20-11-16(9-10-18(19)20)26-14(2)22(25)23-15-7-8-15/h3-6,9-12,14-15H,7-8H2,1-2H3,(H,23,25). The van der Waals surface area contributed by atoms with E-state index in [2.05, 4.69) is 5.32 Å². The van der Waals surface area contributed by atoms with E-state index in [4.69, 9.17) is 9.15 Å². The average Bonchev–Trinajstić information content (AvgIpc) is 3.45. The molecule has 4 rings (SSSR count). The largest absolute Gasteiger partial charge is 0.481 e. The fraction of sp³-hybridized carbons (Fsp3) is 0.273. The van der Waals surface area contributed by atoms with E-state index < -0.39 is 11.7 Å². The number of benzene rings is 2. The van der Waals surface area contributed by atoms with Crippen LogP contribution < -0.4 is 15.7 Å². The van der Waals surface area contributed by atoms with Crippen LogP contribution in [0.1, 0.15) is 25.3 Å². The molecule has 1 aromatic heterocycles. The third-order valence-electron chi connectivity index (χ3n) is 4.76. The Balaban J connectivity index is 1.67.